The van der Waals surface area contributed by atoms with Crippen molar-refractivity contribution >= 4 is 11.7 Å². The lowest BCUT2D eigenvalue weighted by Gasteiger charge is -2.30. The van der Waals surface area contributed by atoms with Crippen molar-refractivity contribution in [3.63, 3.8) is 0 Å². The maximum atomic E-state index is 13.0. The third-order valence-corrected chi connectivity index (χ3v) is 4.78. The molecule has 1 aromatic carbocycles. The van der Waals surface area contributed by atoms with Gasteiger partial charge >= 0.3 is 0 Å². The standard InChI is InChI=1S/C20H21FN2O5/c1-28-11-10-22-8-9-23-12-15(18(25)19(26)17(23)20(22)27)16(24)7-4-13-2-5-14(21)6-3-13/h2-3,5-6,12,26H,4,7-11H2,1H3. The van der Waals surface area contributed by atoms with Gasteiger partial charge in [-0.05, 0) is 24.1 Å². The largest absolute Gasteiger partial charge is 0.503 e. The molecule has 0 saturated heterocycles. The van der Waals surface area contributed by atoms with Crippen LogP contribution in [0.4, 0.5) is 4.39 Å². The summed E-state index contributed by atoms with van der Waals surface area (Å²) in [7, 11) is 1.52. The third-order valence-electron chi connectivity index (χ3n) is 4.78. The van der Waals surface area contributed by atoms with Crippen molar-refractivity contribution in [2.45, 2.75) is 19.4 Å². The minimum Gasteiger partial charge on any atom is -0.503 e. The number of amides is 1. The number of ketones is 1. The van der Waals surface area contributed by atoms with E-state index in [1.807, 2.05) is 0 Å². The van der Waals surface area contributed by atoms with Gasteiger partial charge in [0.05, 0.1) is 12.2 Å². The van der Waals surface area contributed by atoms with E-state index in [0.717, 1.165) is 5.56 Å². The topological polar surface area (TPSA) is 88.8 Å². The highest BCUT2D eigenvalue weighted by atomic mass is 19.1. The number of hydrogen-bond acceptors (Lipinski definition) is 5. The summed E-state index contributed by atoms with van der Waals surface area (Å²) in [5.74, 6) is -1.98. The average Bonchev–Trinajstić information content (AvgIpc) is 2.69. The molecule has 1 aromatic heterocycles. The van der Waals surface area contributed by atoms with E-state index in [9.17, 15) is 23.9 Å². The summed E-state index contributed by atoms with van der Waals surface area (Å²) in [4.78, 5) is 39.0. The highest BCUT2D eigenvalue weighted by Gasteiger charge is 2.30. The van der Waals surface area contributed by atoms with Crippen LogP contribution in [0.1, 0.15) is 32.8 Å². The van der Waals surface area contributed by atoms with E-state index in [2.05, 4.69) is 0 Å². The molecule has 1 N–H and O–H groups in total. The molecule has 8 heteroatoms. The Bertz CT molecular complexity index is 952. The van der Waals surface area contributed by atoms with Crippen molar-refractivity contribution in [3.05, 3.63) is 63.3 Å². The smallest absolute Gasteiger partial charge is 0.274 e. The van der Waals surface area contributed by atoms with Crippen molar-refractivity contribution in [2.75, 3.05) is 26.8 Å². The molecule has 0 unspecified atom stereocenters. The number of rotatable bonds is 7. The summed E-state index contributed by atoms with van der Waals surface area (Å²) < 4.78 is 19.4. The molecule has 0 spiro atoms. The molecule has 3 rings (SSSR count). The zero-order valence-electron chi connectivity index (χ0n) is 15.5. The average molecular weight is 388 g/mol. The van der Waals surface area contributed by atoms with E-state index < -0.39 is 22.9 Å². The maximum absolute atomic E-state index is 13.0. The number of carbonyl (C=O) groups excluding carboxylic acids is 2. The van der Waals surface area contributed by atoms with E-state index in [0.29, 0.717) is 32.7 Å². The number of aromatic nitrogens is 1. The Kier molecular flexibility index (Phi) is 5.89. The van der Waals surface area contributed by atoms with E-state index in [1.165, 1.54) is 34.9 Å². The molecule has 1 aliphatic heterocycles. The molecule has 148 valence electrons. The van der Waals surface area contributed by atoms with E-state index in [1.54, 1.807) is 12.1 Å². The Balaban J connectivity index is 1.81. The molecule has 2 heterocycles. The molecule has 1 amide bonds. The second kappa shape index (κ2) is 8.35. The van der Waals surface area contributed by atoms with Crippen LogP contribution in [0.5, 0.6) is 5.75 Å². The number of carbonyl (C=O) groups is 2. The van der Waals surface area contributed by atoms with Gasteiger partial charge in [-0.1, -0.05) is 12.1 Å². The van der Waals surface area contributed by atoms with Crippen molar-refractivity contribution in [1.82, 2.24) is 9.47 Å². The Morgan fingerprint density at radius 1 is 1.21 bits per heavy atom. The predicted octanol–water partition coefficient (Wildman–Crippen LogP) is 1.61. The van der Waals surface area contributed by atoms with Crippen LogP contribution in [-0.2, 0) is 17.7 Å². The Morgan fingerprint density at radius 3 is 2.61 bits per heavy atom. The van der Waals surface area contributed by atoms with Crippen LogP contribution < -0.4 is 5.43 Å². The van der Waals surface area contributed by atoms with Gasteiger partial charge < -0.3 is 19.3 Å². The number of pyridine rings is 1. The number of nitrogens with zero attached hydrogens (tertiary/aromatic N) is 2. The minimum atomic E-state index is -0.850. The van der Waals surface area contributed by atoms with Gasteiger partial charge in [0, 0.05) is 39.4 Å². The van der Waals surface area contributed by atoms with Crippen LogP contribution in [-0.4, -0.2) is 53.1 Å². The number of fused-ring (bicyclic) bond motifs is 1. The van der Waals surface area contributed by atoms with Gasteiger partial charge in [0.25, 0.3) is 5.91 Å². The summed E-state index contributed by atoms with van der Waals surface area (Å²) in [6, 6.07) is 5.76. The molecule has 0 atom stereocenters. The first-order chi connectivity index (χ1) is 13.4. The molecule has 2 aromatic rings. The van der Waals surface area contributed by atoms with Gasteiger partial charge in [0.1, 0.15) is 5.82 Å². The van der Waals surface area contributed by atoms with Crippen LogP contribution in [0, 0.1) is 5.82 Å². The lowest BCUT2D eigenvalue weighted by Crippen LogP contribution is -2.43. The van der Waals surface area contributed by atoms with Crippen LogP contribution in [0.3, 0.4) is 0 Å². The fourth-order valence-electron chi connectivity index (χ4n) is 3.19. The van der Waals surface area contributed by atoms with Crippen LogP contribution in [0.2, 0.25) is 0 Å². The lowest BCUT2D eigenvalue weighted by molar-refractivity contribution is 0.0632. The van der Waals surface area contributed by atoms with Gasteiger partial charge in [-0.2, -0.15) is 0 Å². The van der Waals surface area contributed by atoms with Gasteiger partial charge in [-0.3, -0.25) is 14.4 Å². The molecule has 1 aliphatic rings. The first-order valence-electron chi connectivity index (χ1n) is 8.94. The first kappa shape index (κ1) is 19.8. The first-order valence-corrected chi connectivity index (χ1v) is 8.94. The van der Waals surface area contributed by atoms with E-state index in [-0.39, 0.29) is 23.5 Å². The Morgan fingerprint density at radius 2 is 1.93 bits per heavy atom. The number of benzene rings is 1. The van der Waals surface area contributed by atoms with Crippen molar-refractivity contribution in [1.29, 1.82) is 0 Å². The monoisotopic (exact) mass is 388 g/mol. The van der Waals surface area contributed by atoms with Crippen molar-refractivity contribution < 1.29 is 23.8 Å². The molecule has 0 radical (unpaired) electrons. The van der Waals surface area contributed by atoms with Gasteiger partial charge in [-0.25, -0.2) is 4.39 Å². The zero-order valence-corrected chi connectivity index (χ0v) is 15.5. The molecular weight excluding hydrogens is 367 g/mol. The van der Waals surface area contributed by atoms with E-state index >= 15 is 0 Å². The van der Waals surface area contributed by atoms with Crippen LogP contribution in [0.25, 0.3) is 0 Å². The van der Waals surface area contributed by atoms with Crippen LogP contribution >= 0.6 is 0 Å². The Hall–Kier alpha value is -3.00. The fourth-order valence-corrected chi connectivity index (χ4v) is 3.19. The second-order valence-corrected chi connectivity index (χ2v) is 6.60. The molecule has 0 saturated carbocycles. The summed E-state index contributed by atoms with van der Waals surface area (Å²) >= 11 is 0. The van der Waals surface area contributed by atoms with E-state index in [4.69, 9.17) is 4.74 Å². The third kappa shape index (κ3) is 3.96. The number of aryl methyl sites for hydroxylation is 1. The quantitative estimate of drug-likeness (QED) is 0.728. The summed E-state index contributed by atoms with van der Waals surface area (Å²) in [6.07, 6.45) is 1.72. The number of hydrogen-bond donors (Lipinski definition) is 1. The number of halogens is 1. The number of Topliss-reactive ketones (excluding diaryl/α,β-unsaturated/α-hetero) is 1. The number of aromatic hydroxyl groups is 1. The lowest BCUT2D eigenvalue weighted by atomic mass is 10.0. The highest BCUT2D eigenvalue weighted by Crippen LogP contribution is 2.21. The van der Waals surface area contributed by atoms with Gasteiger partial charge in [0.15, 0.2) is 17.2 Å². The summed E-state index contributed by atoms with van der Waals surface area (Å²) in [5, 5.41) is 10.3. The summed E-state index contributed by atoms with van der Waals surface area (Å²) in [5.41, 5.74) is -0.345. The SMILES string of the molecule is COCCN1CCn2cc(C(=O)CCc3ccc(F)cc3)c(=O)c(O)c2C1=O. The predicted molar refractivity (Wildman–Crippen MR) is 99.2 cm³/mol. The molecule has 28 heavy (non-hydrogen) atoms. The minimum absolute atomic E-state index is 0.0353. The Labute approximate surface area is 161 Å². The second-order valence-electron chi connectivity index (χ2n) is 6.60. The molecule has 0 fully saturated rings. The highest BCUT2D eigenvalue weighted by molar-refractivity contribution is 5.99. The van der Waals surface area contributed by atoms with Crippen molar-refractivity contribution in [3.8, 4) is 5.75 Å². The summed E-state index contributed by atoms with van der Waals surface area (Å²) in [6.45, 7) is 1.44. The molecule has 0 bridgehead atoms. The molecular formula is C20H21FN2O5. The maximum Gasteiger partial charge on any atom is 0.274 e. The fraction of sp³-hybridized carbons (Fsp3) is 0.350. The zero-order chi connectivity index (χ0) is 20.3. The normalized spacial score (nSPS) is 13.5. The van der Waals surface area contributed by atoms with Crippen LogP contribution in [0.15, 0.2) is 35.3 Å². The molecule has 7 nitrogen and oxygen atoms in total. The van der Waals surface area contributed by atoms with Gasteiger partial charge in [-0.15, -0.1) is 0 Å². The number of ether oxygens (including phenoxy) is 1. The molecule has 0 aliphatic carbocycles. The van der Waals surface area contributed by atoms with Crippen molar-refractivity contribution in [2.24, 2.45) is 0 Å². The number of methoxy groups -OCH3 is 1. The van der Waals surface area contributed by atoms with Gasteiger partial charge in [0.2, 0.25) is 5.43 Å².